The third kappa shape index (κ3) is 14.3. The summed E-state index contributed by atoms with van der Waals surface area (Å²) < 4.78 is 30.9. The first kappa shape index (κ1) is 45.4. The largest absolute Gasteiger partial charge is 0.756 e. The average molecular weight is 789 g/mol. The Morgan fingerprint density at radius 2 is 1.61 bits per heavy atom. The molecule has 0 spiro atoms. The highest BCUT2D eigenvalue weighted by atomic mass is 31.2. The summed E-state index contributed by atoms with van der Waals surface area (Å²) in [4.78, 5) is 90.4. The van der Waals surface area contributed by atoms with Gasteiger partial charge in [-0.15, -0.1) is 0 Å². The van der Waals surface area contributed by atoms with E-state index in [0.717, 1.165) is 33.0 Å². The van der Waals surface area contributed by atoms with Gasteiger partial charge in [-0.3, -0.25) is 32.9 Å². The highest BCUT2D eigenvalue weighted by Crippen LogP contribution is 2.40. The minimum atomic E-state index is -5.09. The van der Waals surface area contributed by atoms with Crippen molar-refractivity contribution in [3.05, 3.63) is 32.6 Å². The smallest absolute Gasteiger partial charge is 0.333 e. The minimum Gasteiger partial charge on any atom is -0.756 e. The summed E-state index contributed by atoms with van der Waals surface area (Å²) in [5, 5.41) is 2.94. The molecule has 3 amide bonds. The molecule has 0 aliphatic carbocycles. The molecule has 2 aliphatic rings. The van der Waals surface area contributed by atoms with E-state index in [1.807, 2.05) is 0 Å². The molecule has 0 radical (unpaired) electrons. The SMILES string of the molecule is COCC1OC(n2cc(C)c(=O)n(CCCCCNC(=O)C3CN(C(=O)CCC[N+](C)(C)C)CCN3C(=O)CCC[N+](C)(C)C)c2=O)CC1OP(=O)([O-])O. The van der Waals surface area contributed by atoms with Gasteiger partial charge >= 0.3 is 5.69 Å². The number of rotatable bonds is 20. The molecule has 2 fully saturated rings. The number of nitrogens with zero attached hydrogens (tertiary/aromatic N) is 6. The van der Waals surface area contributed by atoms with Crippen molar-refractivity contribution >= 4 is 25.5 Å². The number of nitrogens with one attached hydrogen (secondary N) is 1. The Morgan fingerprint density at radius 1 is 0.981 bits per heavy atom. The van der Waals surface area contributed by atoms with Crippen LogP contribution in [0.2, 0.25) is 0 Å². The highest BCUT2D eigenvalue weighted by molar-refractivity contribution is 7.44. The lowest BCUT2D eigenvalue weighted by atomic mass is 10.1. The second-order valence-corrected chi connectivity index (χ2v) is 17.6. The highest BCUT2D eigenvalue weighted by Gasteiger charge is 2.40. The van der Waals surface area contributed by atoms with Gasteiger partial charge < -0.3 is 47.9 Å². The summed E-state index contributed by atoms with van der Waals surface area (Å²) in [6.45, 7) is 4.37. The second-order valence-electron chi connectivity index (χ2n) is 16.4. The van der Waals surface area contributed by atoms with E-state index >= 15 is 0 Å². The lowest BCUT2D eigenvalue weighted by molar-refractivity contribution is -0.870. The van der Waals surface area contributed by atoms with E-state index in [4.69, 9.17) is 14.0 Å². The van der Waals surface area contributed by atoms with Gasteiger partial charge in [-0.2, -0.15) is 0 Å². The number of aryl methyl sites for hydroxylation is 1. The van der Waals surface area contributed by atoms with Gasteiger partial charge in [-0.05, 0) is 26.2 Å². The van der Waals surface area contributed by atoms with E-state index in [1.54, 1.807) is 16.7 Å². The number of phosphoric ester groups is 1. The second kappa shape index (κ2) is 19.8. The van der Waals surface area contributed by atoms with E-state index in [-0.39, 0.29) is 49.4 Å². The minimum absolute atomic E-state index is 0.0234. The molecule has 2 aliphatic heterocycles. The quantitative estimate of drug-likeness (QED) is 0.0971. The van der Waals surface area contributed by atoms with Gasteiger partial charge in [0.25, 0.3) is 13.4 Å². The number of quaternary nitrogens is 2. The van der Waals surface area contributed by atoms with Crippen molar-refractivity contribution in [3.8, 4) is 0 Å². The van der Waals surface area contributed by atoms with Crippen LogP contribution in [0.25, 0.3) is 0 Å². The Kier molecular flexibility index (Phi) is 16.6. The Morgan fingerprint density at radius 3 is 2.20 bits per heavy atom. The van der Waals surface area contributed by atoms with Crippen molar-refractivity contribution < 1.29 is 51.7 Å². The first-order valence-corrected chi connectivity index (χ1v) is 20.2. The number of hydrogen-bond acceptors (Lipinski definition) is 10. The lowest BCUT2D eigenvalue weighted by Crippen LogP contribution is -2.61. The average Bonchev–Trinajstić information content (AvgIpc) is 3.44. The first-order chi connectivity index (χ1) is 25.1. The normalized spacial score (nSPS) is 22.0. The molecule has 2 N–H and O–H groups in total. The van der Waals surface area contributed by atoms with E-state index in [1.165, 1.54) is 17.9 Å². The van der Waals surface area contributed by atoms with Crippen LogP contribution in [0.5, 0.6) is 0 Å². The Labute approximate surface area is 318 Å². The molecule has 0 bridgehead atoms. The van der Waals surface area contributed by atoms with Crippen molar-refractivity contribution in [2.45, 2.75) is 89.3 Å². The number of carbonyl (C=O) groups excluding carboxylic acids is 3. The fourth-order valence-corrected chi connectivity index (χ4v) is 7.34. The summed E-state index contributed by atoms with van der Waals surface area (Å²) in [5.74, 6) is -0.449. The molecule has 0 saturated carbocycles. The predicted molar refractivity (Wildman–Crippen MR) is 198 cm³/mol. The van der Waals surface area contributed by atoms with Crippen molar-refractivity contribution in [1.82, 2.24) is 24.3 Å². The van der Waals surface area contributed by atoms with Gasteiger partial charge in [0.05, 0.1) is 74.6 Å². The fraction of sp³-hybridized carbons (Fsp3) is 0.800. The number of amides is 3. The molecular formula is C35H63N7O11P+. The number of aromatic nitrogens is 2. The molecule has 308 valence electrons. The Balaban J connectivity index is 1.60. The summed E-state index contributed by atoms with van der Waals surface area (Å²) in [5.41, 5.74) is -0.835. The number of carbonyl (C=O) groups is 3. The number of unbranched alkanes of at least 4 members (excludes halogenated alkanes) is 2. The monoisotopic (exact) mass is 788 g/mol. The van der Waals surface area contributed by atoms with Crippen LogP contribution >= 0.6 is 7.82 Å². The zero-order valence-electron chi connectivity index (χ0n) is 33.4. The predicted octanol–water partition coefficient (Wildman–Crippen LogP) is -0.603. The molecule has 1 aromatic heterocycles. The molecule has 3 heterocycles. The molecule has 3 rings (SSSR count). The molecule has 18 nitrogen and oxygen atoms in total. The van der Waals surface area contributed by atoms with Gasteiger partial charge in [0.2, 0.25) is 17.7 Å². The topological polar surface area (TPSA) is 202 Å². The Hall–Kier alpha value is -2.96. The van der Waals surface area contributed by atoms with Gasteiger partial charge in [-0.1, -0.05) is 0 Å². The number of hydrogen-bond donors (Lipinski definition) is 2. The number of ether oxygens (including phenoxy) is 2. The van der Waals surface area contributed by atoms with Crippen LogP contribution in [0.15, 0.2) is 15.8 Å². The van der Waals surface area contributed by atoms with Crippen molar-refractivity contribution in [3.63, 3.8) is 0 Å². The zero-order valence-corrected chi connectivity index (χ0v) is 34.3. The maximum absolute atomic E-state index is 13.6. The van der Waals surface area contributed by atoms with Gasteiger partial charge in [0.1, 0.15) is 18.4 Å². The third-order valence-electron chi connectivity index (χ3n) is 9.61. The van der Waals surface area contributed by atoms with Crippen molar-refractivity contribution in [1.29, 1.82) is 0 Å². The molecule has 0 aromatic carbocycles. The zero-order chi connectivity index (χ0) is 40.4. The number of phosphoric acid groups is 1. The molecule has 19 heteroatoms. The maximum atomic E-state index is 13.6. The summed E-state index contributed by atoms with van der Waals surface area (Å²) in [6.07, 6.45) is 1.97. The van der Waals surface area contributed by atoms with Crippen LogP contribution in [0.3, 0.4) is 0 Å². The summed E-state index contributed by atoms with van der Waals surface area (Å²) >= 11 is 0. The Bertz CT molecular complexity index is 1600. The van der Waals surface area contributed by atoms with Crippen molar-refractivity contribution in [2.75, 3.05) is 95.3 Å². The summed E-state index contributed by atoms with van der Waals surface area (Å²) in [6, 6.07) is -0.800. The van der Waals surface area contributed by atoms with Gasteiger partial charge in [-0.25, -0.2) is 4.79 Å². The van der Waals surface area contributed by atoms with Crippen LogP contribution in [-0.4, -0.2) is 164 Å². The number of piperazine rings is 1. The lowest BCUT2D eigenvalue weighted by Gasteiger charge is -2.41. The summed E-state index contributed by atoms with van der Waals surface area (Å²) in [7, 11) is 8.69. The van der Waals surface area contributed by atoms with E-state index in [9.17, 15) is 38.3 Å². The standard InChI is InChI=1S/C35H62N7O11P/c1-26-23-40(32-22-28(53-54(48,49)50)29(52-32)25-51-8)35(47)39(34(26)46)17-11-9-10-16-36-33(45)27-24-37(30(43)14-12-20-41(2,3)4)18-19-38(27)31(44)15-13-21-42(5,6)7/h23,27-29,32H,9-22,24-25H2,1-8H3,(H-2,36,45,48,49,50)/p+1. The fourth-order valence-electron chi connectivity index (χ4n) is 6.77. The van der Waals surface area contributed by atoms with Crippen LogP contribution in [0, 0.1) is 6.92 Å². The number of methoxy groups -OCH3 is 1. The molecular weight excluding hydrogens is 725 g/mol. The maximum Gasteiger partial charge on any atom is 0.333 e. The van der Waals surface area contributed by atoms with Crippen LogP contribution in [0.4, 0.5) is 0 Å². The van der Waals surface area contributed by atoms with Crippen LogP contribution < -0.4 is 21.5 Å². The molecule has 5 unspecified atom stereocenters. The molecule has 1 aromatic rings. The van der Waals surface area contributed by atoms with Crippen molar-refractivity contribution in [2.24, 2.45) is 0 Å². The van der Waals surface area contributed by atoms with E-state index < -0.39 is 43.5 Å². The van der Waals surface area contributed by atoms with Gasteiger partial charge in [0.15, 0.2) is 0 Å². The molecule has 54 heavy (non-hydrogen) atoms. The third-order valence-corrected chi connectivity index (χ3v) is 10.1. The molecule has 5 atom stereocenters. The first-order valence-electron chi connectivity index (χ1n) is 18.7. The van der Waals surface area contributed by atoms with Gasteiger partial charge in [0, 0.05) is 77.2 Å². The van der Waals surface area contributed by atoms with E-state index in [0.29, 0.717) is 58.2 Å². The van der Waals surface area contributed by atoms with Crippen LogP contribution in [-0.2, 0) is 39.5 Å². The van der Waals surface area contributed by atoms with Crippen LogP contribution in [0.1, 0.15) is 63.2 Å². The van der Waals surface area contributed by atoms with E-state index in [2.05, 4.69) is 47.6 Å². The molecule has 2 saturated heterocycles.